The van der Waals surface area contributed by atoms with Crippen LogP contribution in [0.4, 0.5) is 25.1 Å². The van der Waals surface area contributed by atoms with Crippen molar-refractivity contribution in [3.05, 3.63) is 71.4 Å². The van der Waals surface area contributed by atoms with Gasteiger partial charge in [0.2, 0.25) is 5.91 Å². The van der Waals surface area contributed by atoms with Crippen LogP contribution in [0.1, 0.15) is 73.7 Å². The topological polar surface area (TPSA) is 189 Å². The number of likely N-dealkylation sites (tertiary alicyclic amines) is 1. The number of fused-ring (bicyclic) bond motifs is 4. The summed E-state index contributed by atoms with van der Waals surface area (Å²) in [6, 6.07) is 10.5. The molecule has 5 aromatic rings. The molecule has 4 N–H and O–H groups in total. The van der Waals surface area contributed by atoms with Gasteiger partial charge in [0.25, 0.3) is 5.91 Å². The number of pyridine rings is 1. The van der Waals surface area contributed by atoms with Gasteiger partial charge in [0, 0.05) is 113 Å². The molecule has 1 spiro atoms. The van der Waals surface area contributed by atoms with Crippen molar-refractivity contribution in [3.63, 3.8) is 0 Å². The number of piperidine rings is 1. The molecular formula is C55H62F2N10O7. The molecule has 3 aromatic carbocycles. The summed E-state index contributed by atoms with van der Waals surface area (Å²) in [5, 5.41) is 29.0. The second kappa shape index (κ2) is 20.5. The minimum Gasteiger partial charge on any atom is -0.508 e. The number of terminal acetylenes is 1. The third-order valence-electron chi connectivity index (χ3n) is 16.5. The fraction of sp³-hybridized carbons (Fsp3) is 0.491. The van der Waals surface area contributed by atoms with Crippen LogP contribution in [0.25, 0.3) is 32.9 Å². The number of aromatic hydroxyl groups is 1. The number of halogens is 2. The Bertz CT molecular complexity index is 3030. The molecular weight excluding hydrogens is 951 g/mol. The highest BCUT2D eigenvalue weighted by Crippen LogP contribution is 2.47. The first-order valence-electron chi connectivity index (χ1n) is 26.0. The van der Waals surface area contributed by atoms with E-state index < -0.39 is 23.8 Å². The molecule has 0 radical (unpaired) electrons. The molecule has 2 unspecified atom stereocenters. The Morgan fingerprint density at radius 3 is 2.39 bits per heavy atom. The number of nitrogens with zero attached hydrogens (tertiary/aromatic N) is 8. The second-order valence-corrected chi connectivity index (χ2v) is 21.2. The Morgan fingerprint density at radius 1 is 0.932 bits per heavy atom. The summed E-state index contributed by atoms with van der Waals surface area (Å²) in [5.41, 5.74) is 1.04. The third kappa shape index (κ3) is 9.87. The summed E-state index contributed by atoms with van der Waals surface area (Å²) in [5.74, 6) is 1.91. The van der Waals surface area contributed by atoms with Crippen LogP contribution in [0.5, 0.6) is 17.5 Å². The van der Waals surface area contributed by atoms with Crippen molar-refractivity contribution in [1.82, 2.24) is 40.3 Å². The minimum absolute atomic E-state index is 0.0548. The van der Waals surface area contributed by atoms with Gasteiger partial charge in [-0.25, -0.2) is 13.6 Å². The molecule has 19 heteroatoms. The second-order valence-electron chi connectivity index (χ2n) is 21.2. The number of aliphatic hydroxyl groups is 1. The predicted molar refractivity (Wildman–Crippen MR) is 274 cm³/mol. The fourth-order valence-electron chi connectivity index (χ4n) is 12.4. The van der Waals surface area contributed by atoms with E-state index in [0.29, 0.717) is 72.2 Å². The zero-order valence-corrected chi connectivity index (χ0v) is 41.6. The zero-order chi connectivity index (χ0) is 51.3. The van der Waals surface area contributed by atoms with Crippen molar-refractivity contribution in [2.24, 2.45) is 11.3 Å². The number of β-amino-alcohol motifs (C(OH)–C–C–N with tert-alkyl or cyclic N) is 1. The SMILES string of the molecule is C#Cc1c(F)ccc2cc(O)cc(-c3ncc4c(N5CC6CCC(C5)N6)nc(OC[C@H](O)CN5CCN(CC6CCC7(CC6)CCN(C(=O)c6ccc(OC)c(N8CCC(=O)NC8=O)c6)CC7)CC5)nc4c3F)c12. The number of piperazine rings is 2. The number of carbonyl (C=O) groups is 3. The van der Waals surface area contributed by atoms with E-state index in [4.69, 9.17) is 20.9 Å². The lowest BCUT2D eigenvalue weighted by Gasteiger charge is -2.47. The van der Waals surface area contributed by atoms with Crippen LogP contribution >= 0.6 is 0 Å². The number of phenolic OH excluding ortho intramolecular Hbond substituents is 1. The number of hydrogen-bond acceptors (Lipinski definition) is 14. The Balaban J connectivity index is 0.682. The van der Waals surface area contributed by atoms with Crippen LogP contribution in [-0.4, -0.2) is 162 Å². The molecule has 388 valence electrons. The van der Waals surface area contributed by atoms with Crippen molar-refractivity contribution in [3.8, 4) is 41.1 Å². The van der Waals surface area contributed by atoms with Crippen molar-refractivity contribution in [2.45, 2.75) is 76.0 Å². The van der Waals surface area contributed by atoms with Crippen LogP contribution in [-0.2, 0) is 4.79 Å². The Hall–Kier alpha value is -6.72. The van der Waals surface area contributed by atoms with Crippen molar-refractivity contribution >= 4 is 51.0 Å². The molecule has 3 atom stereocenters. The molecule has 2 bridgehead atoms. The number of urea groups is 1. The van der Waals surface area contributed by atoms with Gasteiger partial charge in [-0.3, -0.25) is 29.7 Å². The average molecular weight is 1010 g/mol. The molecule has 6 fully saturated rings. The Morgan fingerprint density at radius 2 is 1.68 bits per heavy atom. The van der Waals surface area contributed by atoms with E-state index in [1.54, 1.807) is 18.2 Å². The summed E-state index contributed by atoms with van der Waals surface area (Å²) >= 11 is 0. The number of rotatable bonds is 12. The van der Waals surface area contributed by atoms with Gasteiger partial charge in [-0.1, -0.05) is 12.0 Å². The Labute approximate surface area is 428 Å². The first-order valence-corrected chi connectivity index (χ1v) is 26.0. The van der Waals surface area contributed by atoms with E-state index in [1.165, 1.54) is 42.5 Å². The number of aliphatic hydroxyl groups excluding tert-OH is 1. The van der Waals surface area contributed by atoms with Gasteiger partial charge in [-0.15, -0.1) is 6.42 Å². The minimum atomic E-state index is -0.867. The highest BCUT2D eigenvalue weighted by atomic mass is 19.1. The highest BCUT2D eigenvalue weighted by molar-refractivity contribution is 6.07. The number of anilines is 2. The van der Waals surface area contributed by atoms with E-state index in [9.17, 15) is 24.6 Å². The van der Waals surface area contributed by atoms with Crippen LogP contribution in [0.2, 0.25) is 0 Å². The normalized spacial score (nSPS) is 22.1. The number of benzene rings is 3. The molecule has 1 aliphatic carbocycles. The number of ether oxygens (including phenoxy) is 2. The summed E-state index contributed by atoms with van der Waals surface area (Å²) in [6.45, 7) is 7.59. The van der Waals surface area contributed by atoms with Gasteiger partial charge >= 0.3 is 12.0 Å². The van der Waals surface area contributed by atoms with E-state index in [0.717, 1.165) is 84.1 Å². The third-order valence-corrected chi connectivity index (χ3v) is 16.5. The van der Waals surface area contributed by atoms with Gasteiger partial charge in [0.1, 0.15) is 47.1 Å². The molecule has 1 saturated carbocycles. The number of nitrogens with one attached hydrogen (secondary N) is 2. The van der Waals surface area contributed by atoms with Crippen molar-refractivity contribution in [2.75, 3.05) is 95.5 Å². The van der Waals surface area contributed by atoms with Gasteiger partial charge < -0.3 is 39.7 Å². The molecule has 7 heterocycles. The Kier molecular flexibility index (Phi) is 13.7. The van der Waals surface area contributed by atoms with Crippen LogP contribution < -0.4 is 29.9 Å². The van der Waals surface area contributed by atoms with Crippen LogP contribution in [0.3, 0.4) is 0 Å². The van der Waals surface area contributed by atoms with E-state index >= 15 is 8.78 Å². The molecule has 74 heavy (non-hydrogen) atoms. The quantitative estimate of drug-likeness (QED) is 0.112. The number of hydrogen-bond donors (Lipinski definition) is 4. The zero-order valence-electron chi connectivity index (χ0n) is 41.6. The monoisotopic (exact) mass is 1010 g/mol. The number of imide groups is 1. The van der Waals surface area contributed by atoms with Gasteiger partial charge in [0.05, 0.1) is 23.7 Å². The predicted octanol–water partition coefficient (Wildman–Crippen LogP) is 5.68. The molecule has 11 rings (SSSR count). The molecule has 5 saturated heterocycles. The lowest BCUT2D eigenvalue weighted by molar-refractivity contribution is -0.120. The molecule has 17 nitrogen and oxygen atoms in total. The molecule has 4 amide bonds. The van der Waals surface area contributed by atoms with Gasteiger partial charge in [0.15, 0.2) is 5.82 Å². The van der Waals surface area contributed by atoms with E-state index in [-0.39, 0.29) is 88.4 Å². The number of methoxy groups -OCH3 is 1. The van der Waals surface area contributed by atoms with Crippen molar-refractivity contribution < 1.29 is 42.9 Å². The average Bonchev–Trinajstić information content (AvgIpc) is 3.75. The molecule has 2 aromatic heterocycles. The summed E-state index contributed by atoms with van der Waals surface area (Å²) in [7, 11) is 1.52. The number of phenols is 1. The summed E-state index contributed by atoms with van der Waals surface area (Å²) in [4.78, 5) is 62.3. The maximum Gasteiger partial charge on any atom is 0.328 e. The first-order chi connectivity index (χ1) is 35.8. The maximum atomic E-state index is 17.0. The van der Waals surface area contributed by atoms with E-state index in [1.807, 2.05) is 4.90 Å². The number of aromatic nitrogens is 3. The smallest absolute Gasteiger partial charge is 0.328 e. The molecule has 5 aliphatic heterocycles. The first kappa shape index (κ1) is 49.5. The fourth-order valence-corrected chi connectivity index (χ4v) is 12.4. The summed E-state index contributed by atoms with van der Waals surface area (Å²) < 4.78 is 43.7. The number of carbonyl (C=O) groups excluding carboxylic acids is 3. The largest absolute Gasteiger partial charge is 0.508 e. The van der Waals surface area contributed by atoms with Crippen LogP contribution in [0, 0.1) is 35.3 Å². The van der Waals surface area contributed by atoms with Crippen molar-refractivity contribution in [1.29, 1.82) is 0 Å². The lowest BCUT2D eigenvalue weighted by atomic mass is 9.65. The summed E-state index contributed by atoms with van der Waals surface area (Å²) in [6.07, 6.45) is 15.1. The number of amides is 4. The van der Waals surface area contributed by atoms with Crippen LogP contribution in [0.15, 0.2) is 48.7 Å². The van der Waals surface area contributed by atoms with Gasteiger partial charge in [-0.2, -0.15) is 9.97 Å². The maximum absolute atomic E-state index is 17.0. The van der Waals surface area contributed by atoms with E-state index in [2.05, 4.69) is 41.2 Å². The highest BCUT2D eigenvalue weighted by Gasteiger charge is 2.40. The molecule has 6 aliphatic rings. The standard InChI is InChI=1S/C55H62F2N10O7/c1-3-40-43(56)8-4-34-24-38(68)26-41(47(34)40)49-48(57)50-42(27-58-49)51(66-29-36-6-7-37(30-66)59-36)62-53(61-50)74-32-39(69)31-64-22-20-63(21-23-64)28-33-10-13-55(14-11-33)15-18-65(19-16-55)52(71)35-5-9-45(73-2)44(25-35)67-17-12-46(70)60-54(67)72/h1,4-5,8-9,24-27,33,36-37,39,59,68-69H,6-7,10-23,28-32H2,2H3,(H,60,70,72)/t36?,37?,39-/m1/s1. The van der Waals surface area contributed by atoms with Gasteiger partial charge in [-0.05, 0) is 104 Å². The lowest BCUT2D eigenvalue weighted by Crippen LogP contribution is -2.51.